The van der Waals surface area contributed by atoms with Crippen molar-refractivity contribution in [2.75, 3.05) is 27.2 Å². The number of benzene rings is 1. The number of hydrogen-bond donors (Lipinski definition) is 0. The Labute approximate surface area is 107 Å². The summed E-state index contributed by atoms with van der Waals surface area (Å²) < 4.78 is 18.6. The van der Waals surface area contributed by atoms with Crippen molar-refractivity contribution in [3.8, 4) is 0 Å². The van der Waals surface area contributed by atoms with Gasteiger partial charge in [-0.1, -0.05) is 12.1 Å². The highest BCUT2D eigenvalue weighted by Crippen LogP contribution is 2.30. The van der Waals surface area contributed by atoms with Crippen molar-refractivity contribution in [3.05, 3.63) is 35.4 Å². The molecule has 0 radical (unpaired) electrons. The Bertz CT molecular complexity index is 418. The average Bonchev–Trinajstić information content (AvgIpc) is 2.38. The molecule has 1 saturated heterocycles. The van der Waals surface area contributed by atoms with E-state index in [2.05, 4.69) is 4.74 Å². The molecule has 0 saturated carbocycles. The molecule has 0 unspecified atom stereocenters. The van der Waals surface area contributed by atoms with E-state index in [1.165, 1.54) is 7.11 Å². The highest BCUT2D eigenvalue weighted by molar-refractivity contribution is 5.89. The first-order valence-corrected chi connectivity index (χ1v) is 6.12. The molecule has 1 aliphatic heterocycles. The van der Waals surface area contributed by atoms with Gasteiger partial charge in [0.2, 0.25) is 0 Å². The Kier molecular flexibility index (Phi) is 3.97. The number of methoxy groups -OCH3 is 1. The van der Waals surface area contributed by atoms with Crippen LogP contribution in [0, 0.1) is 0 Å². The van der Waals surface area contributed by atoms with E-state index < -0.39 is 6.17 Å². The quantitative estimate of drug-likeness (QED) is 0.755. The molecule has 0 bridgehead atoms. The van der Waals surface area contributed by atoms with Gasteiger partial charge in [0.15, 0.2) is 0 Å². The van der Waals surface area contributed by atoms with Crippen molar-refractivity contribution >= 4 is 5.97 Å². The van der Waals surface area contributed by atoms with Crippen LogP contribution in [-0.2, 0) is 4.74 Å². The molecule has 0 aromatic heterocycles. The largest absolute Gasteiger partial charge is 0.465 e. The molecule has 0 N–H and O–H groups in total. The first kappa shape index (κ1) is 13.0. The number of piperidine rings is 1. The van der Waals surface area contributed by atoms with E-state index in [9.17, 15) is 9.18 Å². The minimum Gasteiger partial charge on any atom is -0.465 e. The molecule has 18 heavy (non-hydrogen) atoms. The van der Waals surface area contributed by atoms with Crippen molar-refractivity contribution < 1.29 is 13.9 Å². The Hall–Kier alpha value is -1.42. The van der Waals surface area contributed by atoms with Crippen LogP contribution < -0.4 is 0 Å². The summed E-state index contributed by atoms with van der Waals surface area (Å²) in [5.41, 5.74) is 1.47. The maximum absolute atomic E-state index is 14.0. The summed E-state index contributed by atoms with van der Waals surface area (Å²) >= 11 is 0. The van der Waals surface area contributed by atoms with Crippen LogP contribution in [0.15, 0.2) is 24.3 Å². The predicted molar refractivity (Wildman–Crippen MR) is 67.5 cm³/mol. The number of likely N-dealkylation sites (tertiary alicyclic amines) is 1. The summed E-state index contributed by atoms with van der Waals surface area (Å²) in [6.07, 6.45) is -0.0253. The van der Waals surface area contributed by atoms with E-state index >= 15 is 0 Å². The molecular weight excluding hydrogens is 233 g/mol. The molecule has 0 spiro atoms. The van der Waals surface area contributed by atoms with E-state index in [1.807, 2.05) is 24.1 Å². The van der Waals surface area contributed by atoms with Gasteiger partial charge >= 0.3 is 5.97 Å². The summed E-state index contributed by atoms with van der Waals surface area (Å²) in [6, 6.07) is 7.06. The highest BCUT2D eigenvalue weighted by atomic mass is 19.1. The number of esters is 1. The topological polar surface area (TPSA) is 29.5 Å². The van der Waals surface area contributed by atoms with E-state index in [0.29, 0.717) is 12.1 Å². The van der Waals surface area contributed by atoms with Crippen LogP contribution in [0.25, 0.3) is 0 Å². The lowest BCUT2D eigenvalue weighted by molar-refractivity contribution is 0.0600. The molecule has 1 aromatic carbocycles. The maximum Gasteiger partial charge on any atom is 0.337 e. The van der Waals surface area contributed by atoms with Crippen molar-refractivity contribution in [1.82, 2.24) is 4.90 Å². The van der Waals surface area contributed by atoms with Crippen LogP contribution in [0.1, 0.15) is 28.3 Å². The smallest absolute Gasteiger partial charge is 0.337 e. The van der Waals surface area contributed by atoms with E-state index in [1.54, 1.807) is 12.1 Å². The van der Waals surface area contributed by atoms with Gasteiger partial charge in [-0.2, -0.15) is 0 Å². The Balaban J connectivity index is 2.12. The van der Waals surface area contributed by atoms with Crippen LogP contribution in [-0.4, -0.2) is 44.3 Å². The number of rotatable bonds is 2. The number of hydrogen-bond acceptors (Lipinski definition) is 3. The summed E-state index contributed by atoms with van der Waals surface area (Å²) in [6.45, 7) is 1.38. The summed E-state index contributed by atoms with van der Waals surface area (Å²) in [7, 11) is 3.29. The van der Waals surface area contributed by atoms with Gasteiger partial charge in [-0.15, -0.1) is 0 Å². The zero-order valence-corrected chi connectivity index (χ0v) is 10.7. The molecule has 1 heterocycles. The van der Waals surface area contributed by atoms with Gasteiger partial charge in [0.1, 0.15) is 6.17 Å². The fraction of sp³-hybridized carbons (Fsp3) is 0.500. The second-order valence-corrected chi connectivity index (χ2v) is 4.79. The Morgan fingerprint density at radius 1 is 1.39 bits per heavy atom. The minimum absolute atomic E-state index is 0.0621. The molecule has 0 aliphatic carbocycles. The number of halogens is 1. The third-order valence-electron chi connectivity index (χ3n) is 3.50. The standard InChI is InChI=1S/C14H18FNO2/c1-16-8-7-12(13(15)9-16)10-3-5-11(6-4-10)14(17)18-2/h3-6,12-13H,7-9H2,1-2H3/t12-,13-/m0/s1. The summed E-state index contributed by atoms with van der Waals surface area (Å²) in [4.78, 5) is 13.3. The molecule has 1 aliphatic rings. The molecule has 4 heteroatoms. The Morgan fingerprint density at radius 3 is 2.61 bits per heavy atom. The third kappa shape index (κ3) is 2.70. The fourth-order valence-corrected chi connectivity index (χ4v) is 2.42. The van der Waals surface area contributed by atoms with E-state index in [4.69, 9.17) is 0 Å². The first-order chi connectivity index (χ1) is 8.61. The van der Waals surface area contributed by atoms with Crippen LogP contribution in [0.3, 0.4) is 0 Å². The maximum atomic E-state index is 14.0. The van der Waals surface area contributed by atoms with Gasteiger partial charge in [0.05, 0.1) is 12.7 Å². The summed E-state index contributed by atoms with van der Waals surface area (Å²) in [5, 5.41) is 0. The molecule has 0 amide bonds. The number of carbonyl (C=O) groups excluding carboxylic acids is 1. The first-order valence-electron chi connectivity index (χ1n) is 6.12. The second-order valence-electron chi connectivity index (χ2n) is 4.79. The number of alkyl halides is 1. The van der Waals surface area contributed by atoms with Crippen LogP contribution in [0.2, 0.25) is 0 Å². The van der Waals surface area contributed by atoms with Gasteiger partial charge in [-0.3, -0.25) is 0 Å². The van der Waals surface area contributed by atoms with Crippen molar-refractivity contribution in [1.29, 1.82) is 0 Å². The molecule has 98 valence electrons. The van der Waals surface area contributed by atoms with Crippen LogP contribution in [0.5, 0.6) is 0 Å². The SMILES string of the molecule is COC(=O)c1ccc([C@@H]2CCN(C)C[C@@H]2F)cc1. The molecule has 2 rings (SSSR count). The third-order valence-corrected chi connectivity index (χ3v) is 3.50. The zero-order chi connectivity index (χ0) is 13.1. The molecule has 1 fully saturated rings. The van der Waals surface area contributed by atoms with Gasteiger partial charge in [-0.05, 0) is 37.7 Å². The summed E-state index contributed by atoms with van der Waals surface area (Å²) in [5.74, 6) is -0.422. The van der Waals surface area contributed by atoms with Crippen molar-refractivity contribution in [2.24, 2.45) is 0 Å². The van der Waals surface area contributed by atoms with E-state index in [-0.39, 0.29) is 11.9 Å². The van der Waals surface area contributed by atoms with Gasteiger partial charge in [-0.25, -0.2) is 9.18 Å². The van der Waals surface area contributed by atoms with Crippen LogP contribution in [0.4, 0.5) is 4.39 Å². The van der Waals surface area contributed by atoms with Crippen molar-refractivity contribution in [3.63, 3.8) is 0 Å². The normalized spacial score (nSPS) is 24.8. The Morgan fingerprint density at radius 2 is 2.06 bits per heavy atom. The van der Waals surface area contributed by atoms with Crippen molar-refractivity contribution in [2.45, 2.75) is 18.5 Å². The van der Waals surface area contributed by atoms with Gasteiger partial charge < -0.3 is 9.64 Å². The second kappa shape index (κ2) is 5.48. The van der Waals surface area contributed by atoms with Gasteiger partial charge in [0.25, 0.3) is 0 Å². The monoisotopic (exact) mass is 251 g/mol. The molecule has 1 aromatic rings. The van der Waals surface area contributed by atoms with Crippen LogP contribution >= 0.6 is 0 Å². The zero-order valence-electron chi connectivity index (χ0n) is 10.7. The highest BCUT2D eigenvalue weighted by Gasteiger charge is 2.28. The minimum atomic E-state index is -0.840. The lowest BCUT2D eigenvalue weighted by Crippen LogP contribution is -2.38. The predicted octanol–water partition coefficient (Wildman–Crippen LogP) is 2.23. The molecule has 3 nitrogen and oxygen atoms in total. The number of nitrogens with zero attached hydrogens (tertiary/aromatic N) is 1. The molecular formula is C14H18FNO2. The molecule has 2 atom stereocenters. The average molecular weight is 251 g/mol. The lowest BCUT2D eigenvalue weighted by Gasteiger charge is -2.32. The number of carbonyl (C=O) groups is 1. The van der Waals surface area contributed by atoms with E-state index in [0.717, 1.165) is 18.5 Å². The van der Waals surface area contributed by atoms with Gasteiger partial charge in [0, 0.05) is 12.5 Å². The number of ether oxygens (including phenoxy) is 1. The fourth-order valence-electron chi connectivity index (χ4n) is 2.42. The lowest BCUT2D eigenvalue weighted by atomic mass is 9.88.